The molecule has 12 N–H and O–H groups in total. The number of nitrogens with zero attached hydrogens (tertiary/aromatic N) is 7. The number of hydrogen-bond acceptors (Lipinski definition) is 28. The third-order valence-electron chi connectivity index (χ3n) is 15.9. The molecule has 6 rings (SSSR count). The fraction of sp³-hybridized carbons (Fsp3) is 0.458. The van der Waals surface area contributed by atoms with E-state index in [1.165, 1.54) is 31.2 Å². The zero-order valence-corrected chi connectivity index (χ0v) is 73.3. The van der Waals surface area contributed by atoms with Crippen molar-refractivity contribution >= 4 is 96.6 Å². The minimum absolute atomic E-state index is 0. The average molecular weight is 1860 g/mol. The van der Waals surface area contributed by atoms with Crippen molar-refractivity contribution < 1.29 is 152 Å². The van der Waals surface area contributed by atoms with Gasteiger partial charge in [0.15, 0.2) is 10.9 Å². The molecule has 6 aromatic rings. The molecule has 2 aromatic heterocycles. The van der Waals surface area contributed by atoms with Crippen molar-refractivity contribution in [1.82, 2.24) is 56.9 Å². The summed E-state index contributed by atoms with van der Waals surface area (Å²) in [5.41, 5.74) is 10.7. The number of amides is 6. The SMILES string of the molecule is CC(=O)SCC(=O)NCC(=O)NCC(=O)NCC(=O)C(NCCCCCNCCCCCO)c1cc(-c2ccc(C)cc2)n(-c2ccc(S(N)(=O)=O)cc2)n1.Cc1ccc(-c2cc(CONCCCCCNCCCCCC(=O)C[N-]C(=O)C[N-]C(=O)C[N-]C(=O)C[S-])nn2-c2ccc(S(N)(=O)=O)cc2)cc1.[Na+].[O]=[99Tc+4].[O]=[Tc](=[O])(=[O])[O-]. The molecule has 625 valence electrons. The molecule has 0 saturated carbocycles. The number of nitrogens with two attached hydrogens (primary N) is 2. The Hall–Kier alpha value is -7.13. The molecule has 0 fully saturated rings. The summed E-state index contributed by atoms with van der Waals surface area (Å²) in [7, 11) is -7.73. The van der Waals surface area contributed by atoms with E-state index in [1.807, 2.05) is 68.4 Å². The van der Waals surface area contributed by atoms with Gasteiger partial charge in [-0.05, 0) is 165 Å². The quantitative estimate of drug-likeness (QED) is 0.0106. The van der Waals surface area contributed by atoms with Crippen molar-refractivity contribution in [3.8, 4) is 33.9 Å². The van der Waals surface area contributed by atoms with Gasteiger partial charge in [-0.25, -0.2) is 42.0 Å². The zero-order valence-electron chi connectivity index (χ0n) is 64.4. The normalized spacial score (nSPS) is 11.3. The van der Waals surface area contributed by atoms with Crippen LogP contribution in [0, 0.1) is 13.8 Å². The van der Waals surface area contributed by atoms with Crippen LogP contribution in [-0.4, -0.2) is 190 Å². The van der Waals surface area contributed by atoms with Crippen molar-refractivity contribution in [2.75, 3.05) is 96.6 Å². The molecule has 1 unspecified atom stereocenters. The fourth-order valence-electron chi connectivity index (χ4n) is 10.1. The van der Waals surface area contributed by atoms with Gasteiger partial charge in [-0.15, -0.1) is 5.75 Å². The first kappa shape index (κ1) is 104. The summed E-state index contributed by atoms with van der Waals surface area (Å²) >= 11 is 0.279. The first-order valence-corrected chi connectivity index (χ1v) is 44.3. The molecule has 43 heteroatoms. The van der Waals surface area contributed by atoms with Gasteiger partial charge in [-0.2, -0.15) is 10.2 Å². The van der Waals surface area contributed by atoms with Gasteiger partial charge in [0.05, 0.1) is 69.3 Å². The second-order valence-electron chi connectivity index (χ2n) is 25.2. The topological polar surface area (TPSA) is 557 Å². The molecular weight excluding hydrogens is 1760 g/mol. The van der Waals surface area contributed by atoms with Gasteiger partial charge < -0.3 is 84.8 Å². The number of primary sulfonamides is 2. The molecular formula is C72H98N16NaO20S4Tc2. The Morgan fingerprint density at radius 1 is 0.574 bits per heavy atom. The number of ketones is 2. The molecule has 6 amide bonds. The summed E-state index contributed by atoms with van der Waals surface area (Å²) in [4.78, 5) is 113. The van der Waals surface area contributed by atoms with E-state index in [2.05, 4.69) is 66.0 Å². The van der Waals surface area contributed by atoms with Gasteiger partial charge in [0.2, 0.25) is 37.8 Å². The Kier molecular flexibility index (Phi) is 52.3. The van der Waals surface area contributed by atoms with Crippen LogP contribution in [0.25, 0.3) is 49.8 Å². The number of hydroxylamine groups is 1. The molecule has 36 nitrogen and oxygen atoms in total. The number of aromatic nitrogens is 4. The van der Waals surface area contributed by atoms with Gasteiger partial charge in [-0.3, -0.25) is 28.8 Å². The maximum atomic E-state index is 13.8. The summed E-state index contributed by atoms with van der Waals surface area (Å²) in [5, 5.41) is 56.7. The van der Waals surface area contributed by atoms with Crippen molar-refractivity contribution in [3.63, 3.8) is 0 Å². The summed E-state index contributed by atoms with van der Waals surface area (Å²) in [6.45, 7) is 8.06. The van der Waals surface area contributed by atoms with Crippen LogP contribution < -0.4 is 81.1 Å². The van der Waals surface area contributed by atoms with Gasteiger partial charge in [0.25, 0.3) is 0 Å². The van der Waals surface area contributed by atoms with Gasteiger partial charge in [0, 0.05) is 55.3 Å². The summed E-state index contributed by atoms with van der Waals surface area (Å²) in [5.74, 6) is -4.59. The van der Waals surface area contributed by atoms with E-state index in [4.69, 9.17) is 48.3 Å². The fourth-order valence-corrected chi connectivity index (χ4v) is 11.6. The van der Waals surface area contributed by atoms with E-state index in [-0.39, 0.29) is 100 Å². The first-order valence-electron chi connectivity index (χ1n) is 35.9. The van der Waals surface area contributed by atoms with E-state index in [1.54, 1.807) is 39.7 Å². The molecule has 4 aromatic carbocycles. The van der Waals surface area contributed by atoms with Crippen molar-refractivity contribution in [2.24, 2.45) is 10.3 Å². The number of nitrogens with one attached hydrogen (secondary N) is 7. The predicted molar refractivity (Wildman–Crippen MR) is 413 cm³/mol. The second-order valence-corrected chi connectivity index (χ2v) is 31.6. The number of carbonyl (C=O) groups is 9. The number of aliphatic hydroxyl groups is 1. The van der Waals surface area contributed by atoms with Crippen LogP contribution in [-0.2, 0) is 136 Å². The minimum atomic E-state index is -5.94. The summed E-state index contributed by atoms with van der Waals surface area (Å²) in [6, 6.07) is 30.7. The molecule has 0 aliphatic heterocycles. The molecule has 1 atom stereocenters. The number of aliphatic hydroxyl groups excluding tert-OH is 1. The van der Waals surface area contributed by atoms with Crippen LogP contribution in [0.2, 0.25) is 0 Å². The maximum absolute atomic E-state index is 13.8. The van der Waals surface area contributed by atoms with Crippen LogP contribution in [0.15, 0.2) is 119 Å². The van der Waals surface area contributed by atoms with E-state index in [9.17, 15) is 60.0 Å². The van der Waals surface area contributed by atoms with Gasteiger partial charge in [0.1, 0.15) is 18.4 Å². The Morgan fingerprint density at radius 2 is 0.991 bits per heavy atom. The zero-order chi connectivity index (χ0) is 84.5. The Balaban J connectivity index is 0.000000716. The van der Waals surface area contributed by atoms with Crippen molar-refractivity contribution in [1.29, 1.82) is 0 Å². The number of sulfonamides is 2. The van der Waals surface area contributed by atoms with Crippen LogP contribution in [0.1, 0.15) is 119 Å². The average Bonchev–Trinajstić information content (AvgIpc) is 1.66. The van der Waals surface area contributed by atoms with E-state index in [0.29, 0.717) is 54.4 Å². The van der Waals surface area contributed by atoms with Crippen LogP contribution in [0.5, 0.6) is 0 Å². The van der Waals surface area contributed by atoms with Crippen molar-refractivity contribution in [3.05, 3.63) is 148 Å². The Bertz CT molecular complexity index is 4440. The van der Waals surface area contributed by atoms with Crippen LogP contribution in [0.4, 0.5) is 0 Å². The molecule has 2 heterocycles. The Labute approximate surface area is 714 Å². The molecule has 115 heavy (non-hydrogen) atoms. The summed E-state index contributed by atoms with van der Waals surface area (Å²) in [6.07, 6.45) is 11.2. The monoisotopic (exact) mass is 1850 g/mol. The molecule has 0 aliphatic rings. The van der Waals surface area contributed by atoms with Gasteiger partial charge in [-0.1, -0.05) is 110 Å². The number of rotatable bonds is 50. The molecule has 0 saturated heterocycles. The van der Waals surface area contributed by atoms with E-state index in [0.717, 1.165) is 155 Å². The number of hydrogen-bond donors (Lipinski definition) is 10. The van der Waals surface area contributed by atoms with Gasteiger partial charge >= 0.3 is 81.8 Å². The standard InChI is InChI=1S/C37H52N8O8S2.C35H50N8O7S2.Na.5O.2Tc/c1-26-9-11-28(12-10-26)32-21-31(44-45(32)29-13-15-30(16-14-29)55(38,52)53)37(40-19-7-3-5-17-39-18-6-4-8-20-46)33(48)22-41-34(49)23-42-35(50)24-43-36(51)25-54-27(2)47;1-26-9-11-27(12-10-26)32-20-28(42-43(32)29-13-15-31(16-14-29)52(36,48)49)24-50-41-19-7-3-6-18-37-17-5-2-4-8-30(44)21-38-33(45)22-39-34(46)23-40-35(47)25-51;;;;;;;;/h9-16,21,37,39-40,46H,3-8,17-20,22-25H2,1-2H3,(H,41,49)(H,42,50)(H,43,51)(H2,38,52,53);9-16,20,37,41H,2-8,17-19,21-25H2,1H3,(H6,36,38,39,40,45,46,47,48,49,51);;;;;;;;/q;;+1;;;;;-1;+4;/p-4/i;;;;;;;;1+1;. The van der Waals surface area contributed by atoms with Crippen LogP contribution in [0.3, 0.4) is 0 Å². The van der Waals surface area contributed by atoms with Crippen LogP contribution >= 0.6 is 11.8 Å². The third kappa shape index (κ3) is 46.0. The molecule has 0 spiro atoms. The molecule has 0 aliphatic carbocycles. The number of unbranched alkanes of at least 4 members (excludes halogenated alkanes) is 8. The van der Waals surface area contributed by atoms with E-state index >= 15 is 0 Å². The summed E-state index contributed by atoms with van der Waals surface area (Å²) < 4.78 is 93.3. The number of Topliss-reactive ketones (excluding diaryl/α,β-unsaturated/α-hetero) is 2. The number of benzene rings is 4. The predicted octanol–water partition coefficient (Wildman–Crippen LogP) is 0.234. The number of aryl methyl sites for hydroxylation is 2. The first-order chi connectivity index (χ1) is 54.2. The second kappa shape index (κ2) is 57.9. The van der Waals surface area contributed by atoms with Crippen molar-refractivity contribution in [2.45, 2.75) is 127 Å². The van der Waals surface area contributed by atoms with E-state index < -0.39 is 96.7 Å². The molecule has 0 bridgehead atoms. The molecule has 0 radical (unpaired) electrons. The number of thioether (sulfide) groups is 1. The Morgan fingerprint density at radius 3 is 1.46 bits per heavy atom. The number of carbonyl (C=O) groups excluding carboxylic acids is 9. The third-order valence-corrected chi connectivity index (χ3v) is 18.8.